The van der Waals surface area contributed by atoms with E-state index in [4.69, 9.17) is 5.73 Å². The molecule has 0 spiro atoms. The standard InChI is InChI=1S/C14H23NS/c1-10-9-12(11(2)16-10)13(15)14(3)7-5-4-6-8-14/h9,13H,4-8,15H2,1-3H3. The molecular formula is C14H23NS. The van der Waals surface area contributed by atoms with Crippen molar-refractivity contribution in [2.75, 3.05) is 0 Å². The Morgan fingerprint density at radius 2 is 1.88 bits per heavy atom. The minimum Gasteiger partial charge on any atom is -0.323 e. The smallest absolute Gasteiger partial charge is 0.0360 e. The van der Waals surface area contributed by atoms with E-state index in [-0.39, 0.29) is 6.04 Å². The summed E-state index contributed by atoms with van der Waals surface area (Å²) in [7, 11) is 0. The Hall–Kier alpha value is -0.340. The van der Waals surface area contributed by atoms with Gasteiger partial charge in [-0.1, -0.05) is 26.2 Å². The lowest BCUT2D eigenvalue weighted by Crippen LogP contribution is -2.33. The van der Waals surface area contributed by atoms with Gasteiger partial charge in [-0.05, 0) is 43.7 Å². The van der Waals surface area contributed by atoms with Crippen LogP contribution in [0.15, 0.2) is 6.07 Å². The van der Waals surface area contributed by atoms with Crippen LogP contribution >= 0.6 is 11.3 Å². The fraction of sp³-hybridized carbons (Fsp3) is 0.714. The molecule has 1 aliphatic rings. The summed E-state index contributed by atoms with van der Waals surface area (Å²) in [5.41, 5.74) is 8.25. The van der Waals surface area contributed by atoms with Crippen molar-refractivity contribution in [3.05, 3.63) is 21.4 Å². The molecule has 1 saturated carbocycles. The molecule has 1 aromatic heterocycles. The molecule has 1 fully saturated rings. The normalized spacial score (nSPS) is 22.0. The summed E-state index contributed by atoms with van der Waals surface area (Å²) < 4.78 is 0. The van der Waals surface area contributed by atoms with Crippen molar-refractivity contribution in [3.8, 4) is 0 Å². The van der Waals surface area contributed by atoms with E-state index in [9.17, 15) is 0 Å². The van der Waals surface area contributed by atoms with Crippen LogP contribution in [0.3, 0.4) is 0 Å². The van der Waals surface area contributed by atoms with Crippen LogP contribution in [0, 0.1) is 19.3 Å². The zero-order chi connectivity index (χ0) is 11.8. The first kappa shape index (κ1) is 12.1. The Bertz CT molecular complexity index is 361. The van der Waals surface area contributed by atoms with E-state index in [1.807, 2.05) is 11.3 Å². The molecule has 0 aliphatic heterocycles. The maximum Gasteiger partial charge on any atom is 0.0360 e. The average Bonchev–Trinajstić information content (AvgIpc) is 2.58. The lowest BCUT2D eigenvalue weighted by molar-refractivity contribution is 0.170. The molecule has 1 aromatic rings. The number of hydrogen-bond acceptors (Lipinski definition) is 2. The zero-order valence-electron chi connectivity index (χ0n) is 10.7. The van der Waals surface area contributed by atoms with Crippen LogP contribution in [-0.4, -0.2) is 0 Å². The Morgan fingerprint density at radius 1 is 1.25 bits per heavy atom. The summed E-state index contributed by atoms with van der Waals surface area (Å²) in [6, 6.07) is 2.53. The van der Waals surface area contributed by atoms with Crippen molar-refractivity contribution >= 4 is 11.3 Å². The molecular weight excluding hydrogens is 214 g/mol. The predicted molar refractivity (Wildman–Crippen MR) is 71.9 cm³/mol. The topological polar surface area (TPSA) is 26.0 Å². The van der Waals surface area contributed by atoms with Gasteiger partial charge < -0.3 is 5.73 Å². The molecule has 0 saturated heterocycles. The number of nitrogens with two attached hydrogens (primary N) is 1. The Labute approximate surface area is 103 Å². The monoisotopic (exact) mass is 237 g/mol. The van der Waals surface area contributed by atoms with Gasteiger partial charge >= 0.3 is 0 Å². The van der Waals surface area contributed by atoms with E-state index in [1.54, 1.807) is 0 Å². The number of thiophene rings is 1. The minimum absolute atomic E-state index is 0.234. The van der Waals surface area contributed by atoms with Crippen LogP contribution in [0.5, 0.6) is 0 Å². The zero-order valence-corrected chi connectivity index (χ0v) is 11.5. The predicted octanol–water partition coefficient (Wildman–Crippen LogP) is 4.34. The first-order chi connectivity index (χ1) is 7.53. The fourth-order valence-corrected chi connectivity index (χ4v) is 3.98. The van der Waals surface area contributed by atoms with E-state index in [0.29, 0.717) is 5.41 Å². The van der Waals surface area contributed by atoms with Crippen LogP contribution in [0.1, 0.15) is 60.4 Å². The number of rotatable bonds is 2. The van der Waals surface area contributed by atoms with E-state index in [1.165, 1.54) is 47.4 Å². The summed E-state index contributed by atoms with van der Waals surface area (Å²) in [6.45, 7) is 6.76. The van der Waals surface area contributed by atoms with Gasteiger partial charge in [0.2, 0.25) is 0 Å². The van der Waals surface area contributed by atoms with E-state index in [0.717, 1.165) is 0 Å². The van der Waals surface area contributed by atoms with E-state index >= 15 is 0 Å². The molecule has 2 heteroatoms. The highest BCUT2D eigenvalue weighted by Crippen LogP contribution is 2.45. The Balaban J connectivity index is 2.23. The molecule has 1 atom stereocenters. The average molecular weight is 237 g/mol. The molecule has 0 amide bonds. The molecule has 1 unspecified atom stereocenters. The van der Waals surface area contributed by atoms with Crippen molar-refractivity contribution in [1.29, 1.82) is 0 Å². The van der Waals surface area contributed by atoms with Crippen molar-refractivity contribution in [1.82, 2.24) is 0 Å². The highest BCUT2D eigenvalue weighted by molar-refractivity contribution is 7.12. The van der Waals surface area contributed by atoms with Crippen LogP contribution in [0.25, 0.3) is 0 Å². The molecule has 0 radical (unpaired) electrons. The second kappa shape index (κ2) is 4.50. The Kier molecular flexibility index (Phi) is 3.41. The van der Waals surface area contributed by atoms with Gasteiger partial charge in [-0.3, -0.25) is 0 Å². The summed E-state index contributed by atoms with van der Waals surface area (Å²) in [5, 5.41) is 0. The molecule has 16 heavy (non-hydrogen) atoms. The number of hydrogen-bond donors (Lipinski definition) is 1. The van der Waals surface area contributed by atoms with Crippen LogP contribution in [0.4, 0.5) is 0 Å². The first-order valence-corrected chi connectivity index (χ1v) is 7.17. The van der Waals surface area contributed by atoms with Gasteiger partial charge in [0.05, 0.1) is 0 Å². The number of aryl methyl sites for hydroxylation is 2. The summed E-state index contributed by atoms with van der Waals surface area (Å²) in [6.07, 6.45) is 6.69. The van der Waals surface area contributed by atoms with Crippen molar-refractivity contribution in [2.24, 2.45) is 11.1 Å². The molecule has 90 valence electrons. The third kappa shape index (κ3) is 2.18. The van der Waals surface area contributed by atoms with E-state index in [2.05, 4.69) is 26.8 Å². The minimum atomic E-state index is 0.234. The second-order valence-corrected chi connectivity index (χ2v) is 7.02. The van der Waals surface area contributed by atoms with Crippen molar-refractivity contribution in [2.45, 2.75) is 58.9 Å². The molecule has 1 nitrogen and oxygen atoms in total. The summed E-state index contributed by atoms with van der Waals surface area (Å²) >= 11 is 1.88. The van der Waals surface area contributed by atoms with Gasteiger partial charge in [0.15, 0.2) is 0 Å². The van der Waals surface area contributed by atoms with Crippen molar-refractivity contribution < 1.29 is 0 Å². The molecule has 0 aromatic carbocycles. The summed E-state index contributed by atoms with van der Waals surface area (Å²) in [4.78, 5) is 2.80. The molecule has 0 bridgehead atoms. The van der Waals surface area contributed by atoms with Gasteiger partial charge in [-0.2, -0.15) is 0 Å². The van der Waals surface area contributed by atoms with Crippen molar-refractivity contribution in [3.63, 3.8) is 0 Å². The highest BCUT2D eigenvalue weighted by Gasteiger charge is 2.35. The van der Waals surface area contributed by atoms with E-state index < -0.39 is 0 Å². The van der Waals surface area contributed by atoms with Crippen LogP contribution in [0.2, 0.25) is 0 Å². The van der Waals surface area contributed by atoms with Gasteiger partial charge in [0.1, 0.15) is 0 Å². The maximum absolute atomic E-state index is 6.52. The first-order valence-electron chi connectivity index (χ1n) is 6.35. The van der Waals surface area contributed by atoms with Gasteiger partial charge in [0, 0.05) is 15.8 Å². The lowest BCUT2D eigenvalue weighted by atomic mass is 9.69. The fourth-order valence-electron chi connectivity index (χ4n) is 3.01. The summed E-state index contributed by atoms with van der Waals surface area (Å²) in [5.74, 6) is 0. The van der Waals surface area contributed by atoms with Gasteiger partial charge in [-0.15, -0.1) is 11.3 Å². The quantitative estimate of drug-likeness (QED) is 0.813. The van der Waals surface area contributed by atoms with Crippen LogP contribution < -0.4 is 5.73 Å². The molecule has 1 heterocycles. The molecule has 2 rings (SSSR count). The Morgan fingerprint density at radius 3 is 2.38 bits per heavy atom. The largest absolute Gasteiger partial charge is 0.323 e. The third-order valence-corrected chi connectivity index (χ3v) is 5.14. The highest BCUT2D eigenvalue weighted by atomic mass is 32.1. The third-order valence-electron chi connectivity index (χ3n) is 4.16. The SMILES string of the molecule is Cc1cc(C(N)C2(C)CCCCC2)c(C)s1. The van der Waals surface area contributed by atoms with Gasteiger partial charge in [-0.25, -0.2) is 0 Å². The maximum atomic E-state index is 6.52. The molecule has 1 aliphatic carbocycles. The second-order valence-electron chi connectivity index (χ2n) is 5.56. The molecule has 2 N–H and O–H groups in total. The van der Waals surface area contributed by atoms with Crippen LogP contribution in [-0.2, 0) is 0 Å². The lowest BCUT2D eigenvalue weighted by Gasteiger charge is -2.39. The van der Waals surface area contributed by atoms with Gasteiger partial charge in [0.25, 0.3) is 0 Å².